The lowest BCUT2D eigenvalue weighted by atomic mass is 9.98. The highest BCUT2D eigenvalue weighted by Gasteiger charge is 2.27. The molecule has 3 heterocycles. The van der Waals surface area contributed by atoms with Gasteiger partial charge in [0.1, 0.15) is 5.82 Å². The zero-order valence-corrected chi connectivity index (χ0v) is 13.0. The first-order chi connectivity index (χ1) is 10.6. The topological polar surface area (TPSA) is 88.9 Å². The molecule has 2 aliphatic heterocycles. The predicted octanol–water partition coefficient (Wildman–Crippen LogP) is 0.708. The largest absolute Gasteiger partial charge is 0.355 e. The second-order valence-corrected chi connectivity index (χ2v) is 6.21. The average Bonchev–Trinajstić information content (AvgIpc) is 2.77. The third kappa shape index (κ3) is 3.13. The van der Waals surface area contributed by atoms with E-state index in [-0.39, 0.29) is 23.8 Å². The van der Waals surface area contributed by atoms with Crippen LogP contribution in [0.5, 0.6) is 0 Å². The highest BCUT2D eigenvalue weighted by atomic mass is 16.2. The van der Waals surface area contributed by atoms with E-state index in [1.54, 1.807) is 0 Å². The van der Waals surface area contributed by atoms with Gasteiger partial charge in [0.25, 0.3) is 0 Å². The molecule has 2 N–H and O–H groups in total. The molecule has 1 saturated heterocycles. The first-order valence-electron chi connectivity index (χ1n) is 8.14. The minimum absolute atomic E-state index is 0.0153. The third-order valence-corrected chi connectivity index (χ3v) is 4.52. The summed E-state index contributed by atoms with van der Waals surface area (Å²) in [6.07, 6.45) is 5.50. The van der Waals surface area contributed by atoms with E-state index in [4.69, 9.17) is 0 Å². The van der Waals surface area contributed by atoms with E-state index in [1.807, 2.05) is 6.92 Å². The van der Waals surface area contributed by atoms with Crippen molar-refractivity contribution in [3.8, 4) is 0 Å². The van der Waals surface area contributed by atoms with E-state index in [0.29, 0.717) is 19.4 Å². The molecule has 1 fully saturated rings. The molecule has 0 aliphatic carbocycles. The summed E-state index contributed by atoms with van der Waals surface area (Å²) in [5, 5.41) is 14.3. The lowest BCUT2D eigenvalue weighted by Gasteiger charge is -2.23. The van der Waals surface area contributed by atoms with Gasteiger partial charge in [-0.05, 0) is 26.2 Å². The fourth-order valence-corrected chi connectivity index (χ4v) is 3.18. The second-order valence-electron chi connectivity index (χ2n) is 6.21. The van der Waals surface area contributed by atoms with Gasteiger partial charge >= 0.3 is 0 Å². The molecular weight excluding hydrogens is 282 g/mol. The summed E-state index contributed by atoms with van der Waals surface area (Å²) in [4.78, 5) is 23.5. The molecule has 0 unspecified atom stereocenters. The molecule has 120 valence electrons. The van der Waals surface area contributed by atoms with Crippen LogP contribution in [0.25, 0.3) is 0 Å². The number of carbonyl (C=O) groups is 2. The van der Waals surface area contributed by atoms with Crippen molar-refractivity contribution in [3.63, 3.8) is 0 Å². The van der Waals surface area contributed by atoms with E-state index < -0.39 is 0 Å². The monoisotopic (exact) mass is 305 g/mol. The third-order valence-electron chi connectivity index (χ3n) is 4.52. The first kappa shape index (κ1) is 15.0. The Morgan fingerprint density at radius 2 is 2.18 bits per heavy atom. The SMILES string of the molecule is C[C@@H](NC(=O)[C@@H]1CCC(=O)NC1)c1nnc2n1CCCCC2. The molecule has 0 radical (unpaired) electrons. The van der Waals surface area contributed by atoms with Crippen molar-refractivity contribution >= 4 is 11.8 Å². The van der Waals surface area contributed by atoms with Gasteiger partial charge in [0.15, 0.2) is 5.82 Å². The molecule has 2 amide bonds. The van der Waals surface area contributed by atoms with Crippen LogP contribution in [-0.2, 0) is 22.6 Å². The Bertz CT molecular complexity index is 558. The highest BCUT2D eigenvalue weighted by Crippen LogP contribution is 2.19. The zero-order chi connectivity index (χ0) is 15.5. The second kappa shape index (κ2) is 6.46. The molecule has 7 nitrogen and oxygen atoms in total. The van der Waals surface area contributed by atoms with Crippen LogP contribution in [0.2, 0.25) is 0 Å². The summed E-state index contributed by atoms with van der Waals surface area (Å²) >= 11 is 0. The molecule has 3 rings (SSSR count). The number of piperidine rings is 1. The first-order valence-corrected chi connectivity index (χ1v) is 8.14. The van der Waals surface area contributed by atoms with Crippen LogP contribution >= 0.6 is 0 Å². The maximum atomic E-state index is 12.3. The van der Waals surface area contributed by atoms with Crippen molar-refractivity contribution in [3.05, 3.63) is 11.6 Å². The van der Waals surface area contributed by atoms with Gasteiger partial charge < -0.3 is 15.2 Å². The van der Waals surface area contributed by atoms with Gasteiger partial charge in [-0.25, -0.2) is 0 Å². The van der Waals surface area contributed by atoms with Crippen molar-refractivity contribution in [1.29, 1.82) is 0 Å². The molecule has 22 heavy (non-hydrogen) atoms. The summed E-state index contributed by atoms with van der Waals surface area (Å²) in [5.41, 5.74) is 0. The van der Waals surface area contributed by atoms with E-state index in [9.17, 15) is 9.59 Å². The molecule has 0 spiro atoms. The molecule has 2 aliphatic rings. The van der Waals surface area contributed by atoms with E-state index in [0.717, 1.165) is 37.5 Å². The van der Waals surface area contributed by atoms with Gasteiger partial charge in [0.2, 0.25) is 11.8 Å². The number of rotatable bonds is 3. The normalized spacial score (nSPS) is 23.1. The summed E-state index contributed by atoms with van der Waals surface area (Å²) in [7, 11) is 0. The minimum atomic E-state index is -0.163. The number of nitrogens with zero attached hydrogens (tertiary/aromatic N) is 3. The average molecular weight is 305 g/mol. The Balaban J connectivity index is 1.64. The van der Waals surface area contributed by atoms with E-state index in [1.165, 1.54) is 6.42 Å². The van der Waals surface area contributed by atoms with Crippen LogP contribution in [-0.4, -0.2) is 33.1 Å². The fraction of sp³-hybridized carbons (Fsp3) is 0.733. The van der Waals surface area contributed by atoms with Gasteiger partial charge in [0.05, 0.1) is 12.0 Å². The van der Waals surface area contributed by atoms with Gasteiger partial charge in [-0.3, -0.25) is 9.59 Å². The number of amides is 2. The molecule has 2 atom stereocenters. The van der Waals surface area contributed by atoms with Gasteiger partial charge in [-0.15, -0.1) is 10.2 Å². The minimum Gasteiger partial charge on any atom is -0.355 e. The summed E-state index contributed by atoms with van der Waals surface area (Å²) in [6.45, 7) is 3.30. The van der Waals surface area contributed by atoms with Crippen molar-refractivity contribution in [2.45, 2.75) is 58.0 Å². The lowest BCUT2D eigenvalue weighted by molar-refractivity contribution is -0.129. The molecule has 0 saturated carbocycles. The molecule has 1 aromatic rings. The summed E-state index contributed by atoms with van der Waals surface area (Å²) in [5.74, 6) is 1.73. The number of hydrogen-bond donors (Lipinski definition) is 2. The van der Waals surface area contributed by atoms with Crippen LogP contribution in [0.3, 0.4) is 0 Å². The maximum Gasteiger partial charge on any atom is 0.225 e. The van der Waals surface area contributed by atoms with Crippen molar-refractivity contribution in [2.75, 3.05) is 6.54 Å². The molecule has 7 heteroatoms. The summed E-state index contributed by atoms with van der Waals surface area (Å²) < 4.78 is 2.15. The Kier molecular flexibility index (Phi) is 4.40. The lowest BCUT2D eigenvalue weighted by Crippen LogP contribution is -2.43. The Morgan fingerprint density at radius 3 is 2.95 bits per heavy atom. The Morgan fingerprint density at radius 1 is 1.32 bits per heavy atom. The van der Waals surface area contributed by atoms with E-state index >= 15 is 0 Å². The fourth-order valence-electron chi connectivity index (χ4n) is 3.18. The number of aryl methyl sites for hydroxylation is 1. The Hall–Kier alpha value is -1.92. The van der Waals surface area contributed by atoms with E-state index in [2.05, 4.69) is 25.4 Å². The molecule has 0 bridgehead atoms. The molecular formula is C15H23N5O2. The van der Waals surface area contributed by atoms with Crippen molar-refractivity contribution in [2.24, 2.45) is 5.92 Å². The highest BCUT2D eigenvalue weighted by molar-refractivity contribution is 5.83. The standard InChI is InChI=1S/C15H23N5O2/c1-10(17-15(22)11-6-7-13(21)16-9-11)14-19-18-12-5-3-2-4-8-20(12)14/h10-11H,2-9H2,1H3,(H,16,21)(H,17,22)/t10-,11-/m1/s1. The van der Waals surface area contributed by atoms with Gasteiger partial charge in [-0.2, -0.15) is 0 Å². The molecule has 0 aromatic carbocycles. The Labute approximate surface area is 129 Å². The quantitative estimate of drug-likeness (QED) is 0.860. The summed E-state index contributed by atoms with van der Waals surface area (Å²) in [6, 6.07) is -0.163. The number of fused-ring (bicyclic) bond motifs is 1. The maximum absolute atomic E-state index is 12.3. The number of carbonyl (C=O) groups excluding carboxylic acids is 2. The number of nitrogens with one attached hydrogen (secondary N) is 2. The van der Waals surface area contributed by atoms with Crippen molar-refractivity contribution in [1.82, 2.24) is 25.4 Å². The van der Waals surface area contributed by atoms with Crippen LogP contribution in [0, 0.1) is 5.92 Å². The van der Waals surface area contributed by atoms with Crippen LogP contribution < -0.4 is 10.6 Å². The number of hydrogen-bond acceptors (Lipinski definition) is 4. The number of aromatic nitrogens is 3. The van der Waals surface area contributed by atoms with Gasteiger partial charge in [0, 0.05) is 25.9 Å². The van der Waals surface area contributed by atoms with Crippen molar-refractivity contribution < 1.29 is 9.59 Å². The zero-order valence-electron chi connectivity index (χ0n) is 13.0. The molecule has 1 aromatic heterocycles. The predicted molar refractivity (Wildman–Crippen MR) is 79.9 cm³/mol. The van der Waals surface area contributed by atoms with Crippen LogP contribution in [0.15, 0.2) is 0 Å². The van der Waals surface area contributed by atoms with Gasteiger partial charge in [-0.1, -0.05) is 6.42 Å². The van der Waals surface area contributed by atoms with Crippen LogP contribution in [0.4, 0.5) is 0 Å². The van der Waals surface area contributed by atoms with Crippen LogP contribution in [0.1, 0.15) is 56.7 Å². The smallest absolute Gasteiger partial charge is 0.225 e.